The van der Waals surface area contributed by atoms with Crippen LogP contribution in [0.25, 0.3) is 0 Å². The zero-order chi connectivity index (χ0) is 21.6. The predicted octanol–water partition coefficient (Wildman–Crippen LogP) is 2.94. The van der Waals surface area contributed by atoms with E-state index in [1.54, 1.807) is 42.3 Å². The van der Waals surface area contributed by atoms with E-state index in [4.69, 9.17) is 4.74 Å². The van der Waals surface area contributed by atoms with E-state index in [-0.39, 0.29) is 17.3 Å². The number of sulfonamides is 1. The molecule has 0 fully saturated rings. The molecule has 0 aliphatic rings. The second-order valence-electron chi connectivity index (χ2n) is 6.61. The molecule has 0 atom stereocenters. The number of anilines is 1. The molecule has 0 saturated heterocycles. The van der Waals surface area contributed by atoms with E-state index < -0.39 is 10.0 Å². The molecule has 3 rings (SSSR count). The van der Waals surface area contributed by atoms with E-state index in [0.29, 0.717) is 18.0 Å². The topological polar surface area (TPSA) is 79.8 Å². The van der Waals surface area contributed by atoms with Crippen molar-refractivity contribution in [2.75, 3.05) is 25.6 Å². The highest BCUT2D eigenvalue weighted by Crippen LogP contribution is 2.22. The van der Waals surface area contributed by atoms with E-state index in [9.17, 15) is 13.2 Å². The number of pyridine rings is 1. The van der Waals surface area contributed by atoms with E-state index in [1.807, 2.05) is 30.3 Å². The van der Waals surface area contributed by atoms with Crippen molar-refractivity contribution in [2.45, 2.75) is 11.4 Å². The van der Waals surface area contributed by atoms with Crippen molar-refractivity contribution in [1.29, 1.82) is 0 Å². The molecule has 1 amide bonds. The summed E-state index contributed by atoms with van der Waals surface area (Å²) in [5, 5.41) is 0. The number of hydrogen-bond donors (Lipinski definition) is 0. The largest absolute Gasteiger partial charge is 0.497 e. The Labute approximate surface area is 176 Å². The van der Waals surface area contributed by atoms with Crippen LogP contribution in [-0.2, 0) is 21.4 Å². The van der Waals surface area contributed by atoms with Crippen molar-refractivity contribution in [1.82, 2.24) is 9.29 Å². The van der Waals surface area contributed by atoms with E-state index in [0.717, 1.165) is 9.87 Å². The van der Waals surface area contributed by atoms with Crippen LogP contribution in [0.3, 0.4) is 0 Å². The first-order valence-electron chi connectivity index (χ1n) is 9.26. The maximum absolute atomic E-state index is 13.2. The van der Waals surface area contributed by atoms with E-state index in [2.05, 4.69) is 4.98 Å². The van der Waals surface area contributed by atoms with Gasteiger partial charge < -0.3 is 9.64 Å². The van der Waals surface area contributed by atoms with Crippen LogP contribution in [0.1, 0.15) is 5.56 Å². The fraction of sp³-hybridized carbons (Fsp3) is 0.182. The molecule has 8 heteroatoms. The predicted molar refractivity (Wildman–Crippen MR) is 115 cm³/mol. The molecule has 0 aliphatic heterocycles. The van der Waals surface area contributed by atoms with Gasteiger partial charge in [0.1, 0.15) is 10.6 Å². The van der Waals surface area contributed by atoms with Crippen molar-refractivity contribution in [3.8, 4) is 5.75 Å². The number of carbonyl (C=O) groups excluding carboxylic acids is 1. The first-order valence-corrected chi connectivity index (χ1v) is 10.7. The Morgan fingerprint density at radius 3 is 2.30 bits per heavy atom. The van der Waals surface area contributed by atoms with Crippen LogP contribution in [-0.4, -0.2) is 44.3 Å². The van der Waals surface area contributed by atoms with Gasteiger partial charge in [0.2, 0.25) is 15.9 Å². The summed E-state index contributed by atoms with van der Waals surface area (Å²) in [5.74, 6) is 0.320. The lowest BCUT2D eigenvalue weighted by Gasteiger charge is -2.26. The Balaban J connectivity index is 1.85. The average Bonchev–Trinajstić information content (AvgIpc) is 2.78. The summed E-state index contributed by atoms with van der Waals surface area (Å²) in [6.07, 6.45) is 2.76. The number of likely N-dealkylation sites (N-methyl/N-ethyl adjacent to an activating group) is 1. The number of hydrogen-bond acceptors (Lipinski definition) is 5. The maximum atomic E-state index is 13.2. The molecule has 30 heavy (non-hydrogen) atoms. The number of amides is 1. The molecule has 156 valence electrons. The summed E-state index contributed by atoms with van der Waals surface area (Å²) in [7, 11) is -0.876. The van der Waals surface area contributed by atoms with Gasteiger partial charge in [0, 0.05) is 25.1 Å². The van der Waals surface area contributed by atoms with Gasteiger partial charge in [-0.05, 0) is 42.0 Å². The molecule has 0 bridgehead atoms. The molecule has 1 aromatic heterocycles. The normalized spacial score (nSPS) is 11.3. The standard InChI is InChI=1S/C22H23N3O4S/c1-24(30(27,28)21-9-6-14-23-15-21)17-22(26)25(16-18-7-4-3-5-8-18)19-10-12-20(29-2)13-11-19/h3-15H,16-17H2,1-2H3. The molecule has 7 nitrogen and oxygen atoms in total. The SMILES string of the molecule is COc1ccc(N(Cc2ccccc2)C(=O)CN(C)S(=O)(=O)c2cccnc2)cc1. The zero-order valence-electron chi connectivity index (χ0n) is 16.8. The molecular weight excluding hydrogens is 402 g/mol. The number of ether oxygens (including phenoxy) is 1. The molecule has 1 heterocycles. The molecule has 0 N–H and O–H groups in total. The van der Waals surface area contributed by atoms with Gasteiger partial charge in [0.15, 0.2) is 0 Å². The minimum Gasteiger partial charge on any atom is -0.497 e. The summed E-state index contributed by atoms with van der Waals surface area (Å²) in [4.78, 5) is 18.6. The zero-order valence-corrected chi connectivity index (χ0v) is 17.6. The van der Waals surface area contributed by atoms with Gasteiger partial charge >= 0.3 is 0 Å². The molecule has 2 aromatic carbocycles. The van der Waals surface area contributed by atoms with E-state index in [1.165, 1.54) is 25.5 Å². The summed E-state index contributed by atoms with van der Waals surface area (Å²) in [6.45, 7) is 0.00285. The third kappa shape index (κ3) is 5.03. The van der Waals surface area contributed by atoms with Crippen molar-refractivity contribution < 1.29 is 17.9 Å². The van der Waals surface area contributed by atoms with Crippen LogP contribution in [0.2, 0.25) is 0 Å². The Kier molecular flexibility index (Phi) is 6.81. The molecular formula is C22H23N3O4S. The number of carbonyl (C=O) groups is 1. The van der Waals surface area contributed by atoms with Crippen LogP contribution < -0.4 is 9.64 Å². The van der Waals surface area contributed by atoms with Gasteiger partial charge in [0.05, 0.1) is 20.2 Å². The third-order valence-corrected chi connectivity index (χ3v) is 6.36. The molecule has 0 aliphatic carbocycles. The fourth-order valence-corrected chi connectivity index (χ4v) is 3.98. The van der Waals surface area contributed by atoms with Gasteiger partial charge in [0.25, 0.3) is 0 Å². The minimum atomic E-state index is -3.83. The summed E-state index contributed by atoms with van der Waals surface area (Å²) in [6, 6.07) is 19.6. The van der Waals surface area contributed by atoms with Crippen LogP contribution in [0.5, 0.6) is 5.75 Å². The second kappa shape index (κ2) is 9.51. The summed E-state index contributed by atoms with van der Waals surface area (Å²) < 4.78 is 31.8. The third-order valence-electron chi connectivity index (χ3n) is 4.57. The highest BCUT2D eigenvalue weighted by molar-refractivity contribution is 7.89. The van der Waals surface area contributed by atoms with Gasteiger partial charge in [-0.25, -0.2) is 8.42 Å². The number of aromatic nitrogens is 1. The van der Waals surface area contributed by atoms with Gasteiger partial charge in [-0.1, -0.05) is 30.3 Å². The number of benzene rings is 2. The number of nitrogens with zero attached hydrogens (tertiary/aromatic N) is 3. The lowest BCUT2D eigenvalue weighted by molar-refractivity contribution is -0.118. The van der Waals surface area contributed by atoms with E-state index >= 15 is 0 Å². The number of methoxy groups -OCH3 is 1. The molecule has 3 aromatic rings. The Morgan fingerprint density at radius 2 is 1.70 bits per heavy atom. The Morgan fingerprint density at radius 1 is 1.00 bits per heavy atom. The smallest absolute Gasteiger partial charge is 0.244 e. The molecule has 0 radical (unpaired) electrons. The maximum Gasteiger partial charge on any atom is 0.244 e. The average molecular weight is 426 g/mol. The summed E-state index contributed by atoms with van der Waals surface area (Å²) in [5.41, 5.74) is 1.58. The first kappa shape index (κ1) is 21.5. The van der Waals surface area contributed by atoms with Gasteiger partial charge in [-0.3, -0.25) is 9.78 Å². The quantitative estimate of drug-likeness (QED) is 0.554. The van der Waals surface area contributed by atoms with Crippen molar-refractivity contribution in [3.63, 3.8) is 0 Å². The Hall–Kier alpha value is -3.23. The highest BCUT2D eigenvalue weighted by Gasteiger charge is 2.26. The van der Waals surface area contributed by atoms with Crippen molar-refractivity contribution >= 4 is 21.6 Å². The monoisotopic (exact) mass is 425 g/mol. The van der Waals surface area contributed by atoms with Crippen LogP contribution in [0.15, 0.2) is 84.0 Å². The van der Waals surface area contributed by atoms with Crippen LogP contribution in [0, 0.1) is 0 Å². The minimum absolute atomic E-state index is 0.0411. The molecule has 0 saturated carbocycles. The van der Waals surface area contributed by atoms with Gasteiger partial charge in [-0.2, -0.15) is 4.31 Å². The van der Waals surface area contributed by atoms with Gasteiger partial charge in [-0.15, -0.1) is 0 Å². The lowest BCUT2D eigenvalue weighted by Crippen LogP contribution is -2.41. The van der Waals surface area contributed by atoms with Crippen molar-refractivity contribution in [2.24, 2.45) is 0 Å². The lowest BCUT2D eigenvalue weighted by atomic mass is 10.2. The van der Waals surface area contributed by atoms with Crippen LogP contribution >= 0.6 is 0 Å². The first-order chi connectivity index (χ1) is 14.4. The molecule has 0 unspecified atom stereocenters. The van der Waals surface area contributed by atoms with Crippen LogP contribution in [0.4, 0.5) is 5.69 Å². The second-order valence-corrected chi connectivity index (χ2v) is 8.66. The van der Waals surface area contributed by atoms with Crippen molar-refractivity contribution in [3.05, 3.63) is 84.7 Å². The molecule has 0 spiro atoms. The number of rotatable bonds is 8. The Bertz CT molecular complexity index is 1070. The summed E-state index contributed by atoms with van der Waals surface area (Å²) >= 11 is 0. The fourth-order valence-electron chi connectivity index (χ4n) is 2.89. The highest BCUT2D eigenvalue weighted by atomic mass is 32.2.